The van der Waals surface area contributed by atoms with Crippen LogP contribution in [-0.2, 0) is 40.3 Å². The fourth-order valence-electron chi connectivity index (χ4n) is 2.98. The maximum Gasteiger partial charge on any atom is 0.0850 e. The van der Waals surface area contributed by atoms with Crippen LogP contribution in [0.3, 0.4) is 0 Å². The topological polar surface area (TPSA) is 34.3 Å². The molecule has 2 fully saturated rings. The Bertz CT molecular complexity index is 691. The summed E-state index contributed by atoms with van der Waals surface area (Å²) in [4.78, 5) is 0. The molecule has 0 bridgehead atoms. The molecular weight excluding hydrogens is 448 g/mol. The van der Waals surface area contributed by atoms with Gasteiger partial charge in [0, 0.05) is 21.8 Å². The van der Waals surface area contributed by atoms with E-state index >= 15 is 0 Å². The number of hydrogen-bond acceptors (Lipinski definition) is 3. The molecule has 0 aliphatic carbocycles. The third-order valence-corrected chi connectivity index (χ3v) is 5.54. The van der Waals surface area contributed by atoms with E-state index in [0.717, 1.165) is 35.0 Å². The molecule has 132 valence electrons. The lowest BCUT2D eigenvalue weighted by Crippen LogP contribution is -2.04. The van der Waals surface area contributed by atoms with Crippen molar-refractivity contribution in [3.8, 4) is 0 Å². The average molecular weight is 468 g/mol. The van der Waals surface area contributed by atoms with Gasteiger partial charge in [0.1, 0.15) is 0 Å². The highest BCUT2D eigenvalue weighted by atomic mass is 79.9. The van der Waals surface area contributed by atoms with Gasteiger partial charge in [0.15, 0.2) is 0 Å². The van der Waals surface area contributed by atoms with Gasteiger partial charge in [-0.3, -0.25) is 0 Å². The van der Waals surface area contributed by atoms with Crippen LogP contribution in [0.5, 0.6) is 0 Å². The maximum atomic E-state index is 6.06. The lowest BCUT2D eigenvalue weighted by Gasteiger charge is -2.13. The highest BCUT2D eigenvalue weighted by Crippen LogP contribution is 2.26. The quantitative estimate of drug-likeness (QED) is 0.522. The fraction of sp³-hybridized carbons (Fsp3) is 0.400. The summed E-state index contributed by atoms with van der Waals surface area (Å²) in [5, 5.41) is 0. The maximum absolute atomic E-state index is 6.06. The smallest absolute Gasteiger partial charge is 0.0850 e. The summed E-state index contributed by atoms with van der Waals surface area (Å²) in [6, 6.07) is 12.8. The lowest BCUT2D eigenvalue weighted by molar-refractivity contribution is 0.106. The SMILES string of the molecule is Brc1ccc(COCc2ccc(Br)cc2CC2CO2)c(CC2CO2)c1. The molecule has 0 radical (unpaired) electrons. The molecule has 2 saturated heterocycles. The number of benzene rings is 2. The second kappa shape index (κ2) is 7.89. The van der Waals surface area contributed by atoms with Gasteiger partial charge >= 0.3 is 0 Å². The lowest BCUT2D eigenvalue weighted by atomic mass is 10.0. The highest BCUT2D eigenvalue weighted by molar-refractivity contribution is 9.10. The van der Waals surface area contributed by atoms with Crippen molar-refractivity contribution >= 4 is 31.9 Å². The first kappa shape index (κ1) is 17.7. The van der Waals surface area contributed by atoms with Gasteiger partial charge in [0.2, 0.25) is 0 Å². The molecule has 2 aliphatic rings. The summed E-state index contributed by atoms with van der Waals surface area (Å²) in [6.45, 7) is 2.98. The molecule has 2 aromatic carbocycles. The summed E-state index contributed by atoms with van der Waals surface area (Å²) >= 11 is 7.12. The Balaban J connectivity index is 1.40. The van der Waals surface area contributed by atoms with E-state index in [4.69, 9.17) is 14.2 Å². The van der Waals surface area contributed by atoms with Crippen molar-refractivity contribution in [1.29, 1.82) is 0 Å². The second-order valence-electron chi connectivity index (χ2n) is 6.64. The minimum absolute atomic E-state index is 0.379. The van der Waals surface area contributed by atoms with Gasteiger partial charge in [-0.25, -0.2) is 0 Å². The number of rotatable bonds is 8. The predicted molar refractivity (Wildman–Crippen MR) is 104 cm³/mol. The van der Waals surface area contributed by atoms with Gasteiger partial charge in [0.25, 0.3) is 0 Å². The Labute approximate surface area is 164 Å². The molecule has 2 aromatic rings. The first-order valence-electron chi connectivity index (χ1n) is 8.53. The monoisotopic (exact) mass is 466 g/mol. The molecule has 0 spiro atoms. The molecule has 0 amide bonds. The van der Waals surface area contributed by atoms with Crippen molar-refractivity contribution in [3.05, 3.63) is 67.6 Å². The van der Waals surface area contributed by atoms with Crippen LogP contribution in [0.4, 0.5) is 0 Å². The van der Waals surface area contributed by atoms with E-state index in [9.17, 15) is 0 Å². The first-order valence-corrected chi connectivity index (χ1v) is 10.1. The van der Waals surface area contributed by atoms with Gasteiger partial charge in [-0.2, -0.15) is 0 Å². The van der Waals surface area contributed by atoms with E-state index in [0.29, 0.717) is 25.4 Å². The van der Waals surface area contributed by atoms with Gasteiger partial charge in [-0.05, 0) is 46.5 Å². The van der Waals surface area contributed by atoms with Crippen LogP contribution in [0.25, 0.3) is 0 Å². The van der Waals surface area contributed by atoms with Crippen molar-refractivity contribution in [2.75, 3.05) is 13.2 Å². The highest BCUT2D eigenvalue weighted by Gasteiger charge is 2.25. The third kappa shape index (κ3) is 5.14. The normalized spacial score (nSPS) is 21.4. The molecule has 2 unspecified atom stereocenters. The first-order chi connectivity index (χ1) is 12.2. The number of ether oxygens (including phenoxy) is 3. The van der Waals surface area contributed by atoms with Crippen LogP contribution in [-0.4, -0.2) is 25.4 Å². The van der Waals surface area contributed by atoms with E-state index in [2.05, 4.69) is 68.3 Å². The number of hydrogen-bond donors (Lipinski definition) is 0. The largest absolute Gasteiger partial charge is 0.373 e. The summed E-state index contributed by atoms with van der Waals surface area (Å²) in [5.74, 6) is 0. The van der Waals surface area contributed by atoms with Gasteiger partial charge in [-0.15, -0.1) is 0 Å². The Morgan fingerprint density at radius 2 is 1.20 bits per heavy atom. The average Bonchev–Trinajstić information content (AvgIpc) is 3.48. The molecule has 2 heterocycles. The van der Waals surface area contributed by atoms with Crippen LogP contribution < -0.4 is 0 Å². The van der Waals surface area contributed by atoms with Crippen molar-refractivity contribution in [3.63, 3.8) is 0 Å². The predicted octanol–water partition coefficient (Wildman–Crippen LogP) is 4.81. The molecule has 2 aliphatic heterocycles. The van der Waals surface area contributed by atoms with Crippen LogP contribution >= 0.6 is 31.9 Å². The molecule has 4 rings (SSSR count). The zero-order valence-corrected chi connectivity index (χ0v) is 17.0. The summed E-state index contributed by atoms with van der Waals surface area (Å²) in [7, 11) is 0. The Kier molecular flexibility index (Phi) is 5.58. The van der Waals surface area contributed by atoms with E-state index in [1.165, 1.54) is 22.3 Å². The van der Waals surface area contributed by atoms with Crippen LogP contribution in [0.1, 0.15) is 22.3 Å². The molecule has 3 nitrogen and oxygen atoms in total. The molecule has 25 heavy (non-hydrogen) atoms. The van der Waals surface area contributed by atoms with Crippen molar-refractivity contribution < 1.29 is 14.2 Å². The summed E-state index contributed by atoms with van der Waals surface area (Å²) in [5.41, 5.74) is 5.09. The van der Waals surface area contributed by atoms with Gasteiger partial charge < -0.3 is 14.2 Å². The van der Waals surface area contributed by atoms with Crippen molar-refractivity contribution in [2.45, 2.75) is 38.3 Å². The Hall–Kier alpha value is -0.720. The van der Waals surface area contributed by atoms with Crippen molar-refractivity contribution in [1.82, 2.24) is 0 Å². The third-order valence-electron chi connectivity index (χ3n) is 4.55. The van der Waals surface area contributed by atoms with E-state index in [1.54, 1.807) is 0 Å². The second-order valence-corrected chi connectivity index (χ2v) is 8.47. The fourth-order valence-corrected chi connectivity index (χ4v) is 3.80. The Morgan fingerprint density at radius 1 is 0.760 bits per heavy atom. The van der Waals surface area contributed by atoms with Crippen LogP contribution in [0.2, 0.25) is 0 Å². The van der Waals surface area contributed by atoms with Gasteiger partial charge in [-0.1, -0.05) is 44.0 Å². The molecule has 5 heteroatoms. The number of epoxide rings is 2. The Morgan fingerprint density at radius 3 is 1.60 bits per heavy atom. The summed E-state index contributed by atoms with van der Waals surface area (Å²) in [6.07, 6.45) is 2.68. The van der Waals surface area contributed by atoms with Crippen molar-refractivity contribution in [2.24, 2.45) is 0 Å². The zero-order chi connectivity index (χ0) is 17.2. The van der Waals surface area contributed by atoms with E-state index < -0.39 is 0 Å². The molecule has 0 N–H and O–H groups in total. The van der Waals surface area contributed by atoms with E-state index in [1.807, 2.05) is 0 Å². The zero-order valence-electron chi connectivity index (χ0n) is 13.8. The minimum atomic E-state index is 0.379. The molecule has 0 aromatic heterocycles. The molecule has 2 atom stereocenters. The molecular formula is C20H20Br2O3. The van der Waals surface area contributed by atoms with Gasteiger partial charge in [0.05, 0.1) is 38.6 Å². The molecule has 0 saturated carbocycles. The summed E-state index contributed by atoms with van der Waals surface area (Å²) < 4.78 is 19.0. The standard InChI is InChI=1S/C20H20Br2O3/c21-17-3-1-13(15(5-17)7-19-11-24-19)9-23-10-14-2-4-18(22)6-16(14)8-20-12-25-20/h1-6,19-20H,7-12H2. The minimum Gasteiger partial charge on any atom is -0.373 e. The number of halogens is 2. The van der Waals surface area contributed by atoms with E-state index in [-0.39, 0.29) is 0 Å². The van der Waals surface area contributed by atoms with Crippen LogP contribution in [0.15, 0.2) is 45.3 Å². The van der Waals surface area contributed by atoms with Crippen LogP contribution in [0, 0.1) is 0 Å².